The molecule has 27 heavy (non-hydrogen) atoms. The molecule has 0 aliphatic heterocycles. The first-order chi connectivity index (χ1) is 13.0. The zero-order valence-electron chi connectivity index (χ0n) is 14.3. The molecule has 0 bridgehead atoms. The quantitative estimate of drug-likeness (QED) is 0.562. The highest BCUT2D eigenvalue weighted by Crippen LogP contribution is 2.21. The standard InChI is InChI=1S/C19H16FN3O3S/c1-25-16-9-8-14(11-15(16)20)23-19(27)22-13-6-4-12(5-7-13)21-18(24)17-3-2-10-26-17/h2-11H,1H3,(H,21,24)(H2,22,23,27). The van der Waals surface area contributed by atoms with Crippen LogP contribution in [0.1, 0.15) is 10.6 Å². The Kier molecular flexibility index (Phi) is 5.68. The van der Waals surface area contributed by atoms with Gasteiger partial charge in [-0.15, -0.1) is 0 Å². The Morgan fingerprint density at radius 1 is 1.00 bits per heavy atom. The van der Waals surface area contributed by atoms with Gasteiger partial charge >= 0.3 is 0 Å². The van der Waals surface area contributed by atoms with Crippen LogP contribution in [0.25, 0.3) is 0 Å². The number of nitrogens with one attached hydrogen (secondary N) is 3. The fourth-order valence-electron chi connectivity index (χ4n) is 2.27. The van der Waals surface area contributed by atoms with Gasteiger partial charge in [0.15, 0.2) is 22.4 Å². The third-order valence-corrected chi connectivity index (χ3v) is 3.76. The normalized spacial score (nSPS) is 10.1. The van der Waals surface area contributed by atoms with Crippen molar-refractivity contribution in [2.24, 2.45) is 0 Å². The topological polar surface area (TPSA) is 75.5 Å². The largest absolute Gasteiger partial charge is 0.494 e. The lowest BCUT2D eigenvalue weighted by atomic mass is 10.2. The summed E-state index contributed by atoms with van der Waals surface area (Å²) in [6.07, 6.45) is 1.44. The molecule has 0 saturated heterocycles. The average Bonchev–Trinajstić information content (AvgIpc) is 3.18. The predicted octanol–water partition coefficient (Wildman–Crippen LogP) is 4.49. The second-order valence-electron chi connectivity index (χ2n) is 5.44. The average molecular weight is 385 g/mol. The number of halogens is 1. The van der Waals surface area contributed by atoms with E-state index in [2.05, 4.69) is 16.0 Å². The third kappa shape index (κ3) is 4.83. The van der Waals surface area contributed by atoms with Gasteiger partial charge in [0, 0.05) is 23.1 Å². The van der Waals surface area contributed by atoms with E-state index in [1.807, 2.05) is 0 Å². The Morgan fingerprint density at radius 3 is 2.22 bits per heavy atom. The highest BCUT2D eigenvalue weighted by atomic mass is 32.1. The summed E-state index contributed by atoms with van der Waals surface area (Å²) in [6, 6.07) is 14.6. The Morgan fingerprint density at radius 2 is 1.63 bits per heavy atom. The molecule has 3 aromatic rings. The van der Waals surface area contributed by atoms with Gasteiger partial charge in [-0.05, 0) is 60.7 Å². The van der Waals surface area contributed by atoms with Crippen molar-refractivity contribution < 1.29 is 18.3 Å². The van der Waals surface area contributed by atoms with Crippen molar-refractivity contribution in [1.82, 2.24) is 0 Å². The van der Waals surface area contributed by atoms with Crippen LogP contribution in [0.4, 0.5) is 21.5 Å². The molecule has 0 aliphatic rings. The van der Waals surface area contributed by atoms with E-state index in [1.54, 1.807) is 42.5 Å². The van der Waals surface area contributed by atoms with Crippen LogP contribution in [0.5, 0.6) is 5.75 Å². The Balaban J connectivity index is 1.57. The summed E-state index contributed by atoms with van der Waals surface area (Å²) in [5, 5.41) is 8.89. The van der Waals surface area contributed by atoms with Crippen LogP contribution >= 0.6 is 12.2 Å². The molecule has 0 radical (unpaired) electrons. The van der Waals surface area contributed by atoms with Crippen molar-refractivity contribution in [2.75, 3.05) is 23.1 Å². The zero-order valence-corrected chi connectivity index (χ0v) is 15.1. The van der Waals surface area contributed by atoms with Gasteiger partial charge in [0.05, 0.1) is 13.4 Å². The van der Waals surface area contributed by atoms with E-state index >= 15 is 0 Å². The van der Waals surface area contributed by atoms with Crippen LogP contribution in [0.3, 0.4) is 0 Å². The first-order valence-electron chi connectivity index (χ1n) is 7.91. The first-order valence-corrected chi connectivity index (χ1v) is 8.32. The first kappa shape index (κ1) is 18.4. The van der Waals surface area contributed by atoms with Crippen molar-refractivity contribution in [2.45, 2.75) is 0 Å². The minimum absolute atomic E-state index is 0.159. The van der Waals surface area contributed by atoms with E-state index in [4.69, 9.17) is 21.4 Å². The van der Waals surface area contributed by atoms with Gasteiger partial charge in [0.25, 0.3) is 5.91 Å². The molecule has 1 amide bonds. The number of rotatable bonds is 5. The van der Waals surface area contributed by atoms with Crippen LogP contribution in [-0.2, 0) is 0 Å². The molecule has 3 N–H and O–H groups in total. The van der Waals surface area contributed by atoms with Crippen molar-refractivity contribution in [3.63, 3.8) is 0 Å². The molecule has 6 nitrogen and oxygen atoms in total. The van der Waals surface area contributed by atoms with Crippen molar-refractivity contribution in [1.29, 1.82) is 0 Å². The predicted molar refractivity (Wildman–Crippen MR) is 106 cm³/mol. The van der Waals surface area contributed by atoms with Crippen molar-refractivity contribution in [3.8, 4) is 5.75 Å². The van der Waals surface area contributed by atoms with Gasteiger partial charge in [0.2, 0.25) is 0 Å². The summed E-state index contributed by atoms with van der Waals surface area (Å²) in [5.74, 6) is -0.428. The summed E-state index contributed by atoms with van der Waals surface area (Å²) in [6.45, 7) is 0. The van der Waals surface area contributed by atoms with Crippen molar-refractivity contribution >= 4 is 40.3 Å². The van der Waals surface area contributed by atoms with E-state index in [-0.39, 0.29) is 17.4 Å². The lowest BCUT2D eigenvalue weighted by Gasteiger charge is -2.12. The van der Waals surface area contributed by atoms with E-state index in [9.17, 15) is 9.18 Å². The number of anilines is 3. The zero-order chi connectivity index (χ0) is 19.2. The van der Waals surface area contributed by atoms with E-state index < -0.39 is 5.82 Å². The Labute approximate surface area is 160 Å². The number of methoxy groups -OCH3 is 1. The molecule has 8 heteroatoms. The van der Waals surface area contributed by atoms with E-state index in [0.29, 0.717) is 22.2 Å². The molecule has 0 atom stereocenters. The molecule has 0 spiro atoms. The highest BCUT2D eigenvalue weighted by Gasteiger charge is 2.09. The molecule has 138 valence electrons. The van der Waals surface area contributed by atoms with Crippen LogP contribution in [0.15, 0.2) is 65.3 Å². The van der Waals surface area contributed by atoms with Gasteiger partial charge < -0.3 is 25.1 Å². The summed E-state index contributed by atoms with van der Waals surface area (Å²) in [7, 11) is 1.40. The van der Waals surface area contributed by atoms with Gasteiger partial charge in [-0.1, -0.05) is 0 Å². The van der Waals surface area contributed by atoms with Gasteiger partial charge in [-0.25, -0.2) is 4.39 Å². The van der Waals surface area contributed by atoms with Gasteiger partial charge in [-0.2, -0.15) is 0 Å². The molecule has 1 aromatic heterocycles. The number of amides is 1. The van der Waals surface area contributed by atoms with Crippen LogP contribution < -0.4 is 20.7 Å². The molecule has 2 aromatic carbocycles. The number of carbonyl (C=O) groups excluding carboxylic acids is 1. The molecule has 1 heterocycles. The highest BCUT2D eigenvalue weighted by molar-refractivity contribution is 7.80. The molecule has 0 unspecified atom stereocenters. The molecular weight excluding hydrogens is 369 g/mol. The smallest absolute Gasteiger partial charge is 0.291 e. The lowest BCUT2D eigenvalue weighted by molar-refractivity contribution is 0.0996. The van der Waals surface area contributed by atoms with Crippen molar-refractivity contribution in [3.05, 3.63) is 72.4 Å². The second kappa shape index (κ2) is 8.33. The molecule has 0 aliphatic carbocycles. The fourth-order valence-corrected chi connectivity index (χ4v) is 2.51. The SMILES string of the molecule is COc1ccc(NC(=S)Nc2ccc(NC(=O)c3ccco3)cc2)cc1F. The van der Waals surface area contributed by atoms with Gasteiger partial charge in [0.1, 0.15) is 0 Å². The number of ether oxygens (including phenoxy) is 1. The second-order valence-corrected chi connectivity index (χ2v) is 5.85. The van der Waals surface area contributed by atoms with E-state index in [1.165, 1.54) is 25.5 Å². The maximum Gasteiger partial charge on any atom is 0.291 e. The van der Waals surface area contributed by atoms with E-state index in [0.717, 1.165) is 0 Å². The monoisotopic (exact) mass is 385 g/mol. The third-order valence-electron chi connectivity index (χ3n) is 3.56. The minimum Gasteiger partial charge on any atom is -0.494 e. The number of furan rings is 1. The van der Waals surface area contributed by atoms with Crippen LogP contribution in [0, 0.1) is 5.82 Å². The molecule has 3 rings (SSSR count). The fraction of sp³-hybridized carbons (Fsp3) is 0.0526. The molecule has 0 fully saturated rings. The summed E-state index contributed by atoms with van der Waals surface area (Å²) in [4.78, 5) is 11.9. The van der Waals surface area contributed by atoms with Crippen LogP contribution in [-0.4, -0.2) is 18.1 Å². The maximum atomic E-state index is 13.7. The minimum atomic E-state index is -0.484. The number of carbonyl (C=O) groups is 1. The molecular formula is C19H16FN3O3S. The Bertz CT molecular complexity index is 943. The van der Waals surface area contributed by atoms with Gasteiger partial charge in [-0.3, -0.25) is 4.79 Å². The maximum absolute atomic E-state index is 13.7. The number of thiocarbonyl (C=S) groups is 1. The lowest BCUT2D eigenvalue weighted by Crippen LogP contribution is -2.19. The number of benzene rings is 2. The molecule has 0 saturated carbocycles. The summed E-state index contributed by atoms with van der Waals surface area (Å²) < 4.78 is 23.6. The summed E-state index contributed by atoms with van der Waals surface area (Å²) in [5.41, 5.74) is 1.81. The number of hydrogen-bond donors (Lipinski definition) is 3. The van der Waals surface area contributed by atoms with Crippen LogP contribution in [0.2, 0.25) is 0 Å². The number of hydrogen-bond acceptors (Lipinski definition) is 4. The summed E-state index contributed by atoms with van der Waals surface area (Å²) >= 11 is 5.22. The Hall–Kier alpha value is -3.39.